The molecule has 27 heavy (non-hydrogen) atoms. The largest absolute Gasteiger partial charge is 0.372 e. The van der Waals surface area contributed by atoms with Gasteiger partial charge in [-0.05, 0) is 70.9 Å². The Morgan fingerprint density at radius 1 is 1.22 bits per heavy atom. The van der Waals surface area contributed by atoms with Crippen LogP contribution in [-0.2, 0) is 4.74 Å². The first-order valence-corrected chi connectivity index (χ1v) is 10.2. The first kappa shape index (κ1) is 18.7. The van der Waals surface area contributed by atoms with E-state index in [1.54, 1.807) is 18.5 Å². The van der Waals surface area contributed by atoms with Crippen LogP contribution in [0.2, 0.25) is 0 Å². The van der Waals surface area contributed by atoms with E-state index in [2.05, 4.69) is 36.9 Å². The molecule has 0 bridgehead atoms. The van der Waals surface area contributed by atoms with E-state index >= 15 is 0 Å². The summed E-state index contributed by atoms with van der Waals surface area (Å²) in [7, 11) is 0. The average molecular weight is 432 g/mol. The van der Waals surface area contributed by atoms with Gasteiger partial charge in [-0.2, -0.15) is 0 Å². The molecule has 2 aliphatic rings. The third kappa shape index (κ3) is 4.28. The zero-order valence-electron chi connectivity index (χ0n) is 15.4. The number of hydrogen-bond acceptors (Lipinski definition) is 4. The topological polar surface area (TPSA) is 38.2 Å². The maximum absolute atomic E-state index is 13.6. The summed E-state index contributed by atoms with van der Waals surface area (Å²) in [4.78, 5) is 11.3. The van der Waals surface area contributed by atoms with Crippen LogP contribution in [0.1, 0.15) is 42.3 Å². The van der Waals surface area contributed by atoms with E-state index in [0.29, 0.717) is 12.6 Å². The Balaban J connectivity index is 1.35. The van der Waals surface area contributed by atoms with E-state index in [1.165, 1.54) is 11.6 Å². The molecule has 1 fully saturated rings. The minimum absolute atomic E-state index is 0.00371. The number of benzene rings is 1. The lowest BCUT2D eigenvalue weighted by molar-refractivity contribution is -0.0362. The predicted octanol–water partition coefficient (Wildman–Crippen LogP) is 4.70. The summed E-state index contributed by atoms with van der Waals surface area (Å²) < 4.78 is 20.6. The van der Waals surface area contributed by atoms with Crippen molar-refractivity contribution in [2.45, 2.75) is 38.3 Å². The molecule has 1 unspecified atom stereocenters. The molecule has 2 atom stereocenters. The van der Waals surface area contributed by atoms with Crippen molar-refractivity contribution in [2.24, 2.45) is 0 Å². The molecule has 0 spiro atoms. The van der Waals surface area contributed by atoms with E-state index in [1.807, 2.05) is 13.0 Å². The molecule has 142 valence electrons. The normalized spacial score (nSPS) is 23.9. The number of aryl methyl sites for hydroxylation is 1. The molecule has 1 aromatic heterocycles. The lowest BCUT2D eigenvalue weighted by Crippen LogP contribution is -2.43. The van der Waals surface area contributed by atoms with E-state index in [4.69, 9.17) is 4.74 Å². The Bertz CT molecular complexity index is 832. The summed E-state index contributed by atoms with van der Waals surface area (Å²) in [6.07, 6.45) is 8.76. The third-order valence-electron chi connectivity index (χ3n) is 5.50. The number of hydrogen-bond donors (Lipinski definition) is 0. The van der Waals surface area contributed by atoms with E-state index < -0.39 is 0 Å². The zero-order valence-corrected chi connectivity index (χ0v) is 17.0. The van der Waals surface area contributed by atoms with Gasteiger partial charge in [-0.3, -0.25) is 4.90 Å². The number of halogens is 2. The molecule has 2 aliphatic heterocycles. The molecule has 2 aromatic rings. The summed E-state index contributed by atoms with van der Waals surface area (Å²) in [6.45, 7) is 4.60. The maximum Gasteiger partial charge on any atom is 0.154 e. The fourth-order valence-corrected chi connectivity index (χ4v) is 4.13. The van der Waals surface area contributed by atoms with Crippen LogP contribution in [-0.4, -0.2) is 40.6 Å². The SMILES string of the molecule is Cc1ccc(F)cc1[C@@H]1CCC(N2CC=C(c3ncc(Br)cn3)CC2)CO1. The fourth-order valence-electron chi connectivity index (χ4n) is 3.93. The third-order valence-corrected chi connectivity index (χ3v) is 5.91. The molecule has 0 aliphatic carbocycles. The Kier molecular flexibility index (Phi) is 5.66. The summed E-state index contributed by atoms with van der Waals surface area (Å²) in [5, 5.41) is 0. The predicted molar refractivity (Wildman–Crippen MR) is 107 cm³/mol. The van der Waals surface area contributed by atoms with Gasteiger partial charge in [0.1, 0.15) is 5.82 Å². The van der Waals surface area contributed by atoms with Gasteiger partial charge in [-0.15, -0.1) is 0 Å². The molecule has 0 saturated carbocycles. The first-order chi connectivity index (χ1) is 13.1. The molecule has 1 aromatic carbocycles. The van der Waals surface area contributed by atoms with E-state index in [0.717, 1.165) is 53.8 Å². The van der Waals surface area contributed by atoms with Crippen molar-refractivity contribution in [3.05, 3.63) is 63.9 Å². The lowest BCUT2D eigenvalue weighted by atomic mass is 9.94. The molecular weight excluding hydrogens is 409 g/mol. The Morgan fingerprint density at radius 2 is 2.04 bits per heavy atom. The zero-order chi connectivity index (χ0) is 18.8. The van der Waals surface area contributed by atoms with Crippen molar-refractivity contribution in [3.63, 3.8) is 0 Å². The van der Waals surface area contributed by atoms with Crippen LogP contribution in [0, 0.1) is 12.7 Å². The van der Waals surface area contributed by atoms with Crippen molar-refractivity contribution in [2.75, 3.05) is 19.7 Å². The highest BCUT2D eigenvalue weighted by Crippen LogP contribution is 2.33. The second-order valence-electron chi connectivity index (χ2n) is 7.25. The quantitative estimate of drug-likeness (QED) is 0.705. The molecule has 6 heteroatoms. The molecule has 0 radical (unpaired) electrons. The van der Waals surface area contributed by atoms with E-state index in [-0.39, 0.29) is 11.9 Å². The molecule has 0 amide bonds. The van der Waals surface area contributed by atoms with Crippen LogP contribution in [0.4, 0.5) is 4.39 Å². The highest BCUT2D eigenvalue weighted by atomic mass is 79.9. The molecule has 3 heterocycles. The Morgan fingerprint density at radius 3 is 2.70 bits per heavy atom. The monoisotopic (exact) mass is 431 g/mol. The maximum atomic E-state index is 13.6. The summed E-state index contributed by atoms with van der Waals surface area (Å²) in [5.41, 5.74) is 3.30. The molecular formula is C21H23BrFN3O. The van der Waals surface area contributed by atoms with Crippen LogP contribution >= 0.6 is 15.9 Å². The van der Waals surface area contributed by atoms with Gasteiger partial charge in [0.25, 0.3) is 0 Å². The van der Waals surface area contributed by atoms with Gasteiger partial charge in [0.05, 0.1) is 17.2 Å². The molecule has 1 saturated heterocycles. The Labute approximate surface area is 167 Å². The Hall–Kier alpha value is -1.63. The summed E-state index contributed by atoms with van der Waals surface area (Å²) in [6, 6.07) is 5.38. The summed E-state index contributed by atoms with van der Waals surface area (Å²) in [5.74, 6) is 0.629. The highest BCUT2D eigenvalue weighted by Gasteiger charge is 2.29. The molecule has 0 N–H and O–H groups in total. The number of rotatable bonds is 3. The highest BCUT2D eigenvalue weighted by molar-refractivity contribution is 9.10. The second-order valence-corrected chi connectivity index (χ2v) is 8.17. The number of nitrogens with zero attached hydrogens (tertiary/aromatic N) is 3. The van der Waals surface area contributed by atoms with Crippen LogP contribution in [0.3, 0.4) is 0 Å². The molecule has 4 nitrogen and oxygen atoms in total. The van der Waals surface area contributed by atoms with Gasteiger partial charge >= 0.3 is 0 Å². The van der Waals surface area contributed by atoms with Crippen molar-refractivity contribution >= 4 is 21.5 Å². The summed E-state index contributed by atoms with van der Waals surface area (Å²) >= 11 is 3.37. The van der Waals surface area contributed by atoms with Crippen molar-refractivity contribution in [3.8, 4) is 0 Å². The standard InChI is InChI=1S/C21H23BrFN3O/c1-14-2-3-17(23)10-19(14)20-5-4-18(13-27-20)26-8-6-15(7-9-26)21-24-11-16(22)12-25-21/h2-3,6,10-12,18,20H,4-5,7-9,13H2,1H3/t18?,20-/m0/s1. The number of aromatic nitrogens is 2. The van der Waals surface area contributed by atoms with Gasteiger partial charge < -0.3 is 4.74 Å². The van der Waals surface area contributed by atoms with Crippen LogP contribution < -0.4 is 0 Å². The minimum atomic E-state index is -0.190. The minimum Gasteiger partial charge on any atom is -0.372 e. The van der Waals surface area contributed by atoms with Crippen molar-refractivity contribution in [1.29, 1.82) is 0 Å². The first-order valence-electron chi connectivity index (χ1n) is 9.39. The van der Waals surface area contributed by atoms with Crippen molar-refractivity contribution < 1.29 is 9.13 Å². The lowest BCUT2D eigenvalue weighted by Gasteiger charge is -2.38. The average Bonchev–Trinajstić information content (AvgIpc) is 2.71. The van der Waals surface area contributed by atoms with Crippen molar-refractivity contribution in [1.82, 2.24) is 14.9 Å². The molecule has 4 rings (SSSR count). The van der Waals surface area contributed by atoms with Crippen LogP contribution in [0.15, 0.2) is 41.1 Å². The van der Waals surface area contributed by atoms with Gasteiger partial charge in [0.2, 0.25) is 0 Å². The second kappa shape index (κ2) is 8.17. The van der Waals surface area contributed by atoms with Gasteiger partial charge in [-0.1, -0.05) is 12.1 Å². The van der Waals surface area contributed by atoms with E-state index in [9.17, 15) is 4.39 Å². The smallest absolute Gasteiger partial charge is 0.154 e. The van der Waals surface area contributed by atoms with Crippen LogP contribution in [0.25, 0.3) is 5.57 Å². The van der Waals surface area contributed by atoms with Gasteiger partial charge in [0.15, 0.2) is 5.82 Å². The fraction of sp³-hybridized carbons (Fsp3) is 0.429. The van der Waals surface area contributed by atoms with Crippen LogP contribution in [0.5, 0.6) is 0 Å². The van der Waals surface area contributed by atoms with Gasteiger partial charge in [-0.25, -0.2) is 14.4 Å². The number of ether oxygens (including phenoxy) is 1. The van der Waals surface area contributed by atoms with Gasteiger partial charge in [0, 0.05) is 31.5 Å².